The van der Waals surface area contributed by atoms with Crippen molar-refractivity contribution in [1.82, 2.24) is 10.2 Å². The number of carbonyl (C=O) groups is 1. The zero-order chi connectivity index (χ0) is 19.9. The molecule has 0 aliphatic carbocycles. The lowest BCUT2D eigenvalue weighted by Gasteiger charge is -2.30. The average Bonchev–Trinajstić information content (AvgIpc) is 3.14. The molecule has 1 atom stereocenters. The van der Waals surface area contributed by atoms with Crippen LogP contribution in [0.2, 0.25) is 0 Å². The first-order valence-electron chi connectivity index (χ1n) is 10.2. The molecule has 1 aromatic heterocycles. The zero-order valence-electron chi connectivity index (χ0n) is 17.0. The third-order valence-corrected chi connectivity index (χ3v) is 5.32. The van der Waals surface area contributed by atoms with Crippen molar-refractivity contribution in [3.8, 4) is 0 Å². The van der Waals surface area contributed by atoms with Gasteiger partial charge in [-0.05, 0) is 31.7 Å². The lowest BCUT2D eigenvalue weighted by Crippen LogP contribution is -2.65. The molecule has 1 aromatic carbocycles. The van der Waals surface area contributed by atoms with Crippen molar-refractivity contribution in [2.75, 3.05) is 43.5 Å². The van der Waals surface area contributed by atoms with Crippen LogP contribution in [0.5, 0.6) is 0 Å². The molecule has 0 amide bonds. The van der Waals surface area contributed by atoms with Crippen molar-refractivity contribution in [2.45, 2.75) is 33.1 Å². The first-order chi connectivity index (χ1) is 13.5. The van der Waals surface area contributed by atoms with Crippen LogP contribution in [-0.4, -0.2) is 48.7 Å². The highest BCUT2D eigenvalue weighted by Gasteiger charge is 2.26. The van der Waals surface area contributed by atoms with Crippen LogP contribution in [0.3, 0.4) is 0 Å². The largest absolute Gasteiger partial charge is 0.362 e. The zero-order valence-corrected chi connectivity index (χ0v) is 17.0. The molecule has 2 N–H and O–H groups in total. The monoisotopic (exact) mass is 386 g/mol. The van der Waals surface area contributed by atoms with Gasteiger partial charge in [-0.3, -0.25) is 14.2 Å². The summed E-state index contributed by atoms with van der Waals surface area (Å²) in [7, 11) is 0. The standard InChI is InChI=1S/C21H32N5O2/c1-17(2)15-19(21(27)18-7-4-3-5-8-18)9-6-10-24-11-13-25(14-12-24)26-16-20(22)28-23-26/h3-5,7-8,16-17,19H,6,9-15,22H2,1-2H3/q+1. The van der Waals surface area contributed by atoms with Crippen LogP contribution in [0.4, 0.5) is 5.88 Å². The molecule has 28 heavy (non-hydrogen) atoms. The summed E-state index contributed by atoms with van der Waals surface area (Å²) < 4.78 is 4.93. The van der Waals surface area contributed by atoms with Crippen molar-refractivity contribution in [2.24, 2.45) is 11.8 Å². The molecule has 7 nitrogen and oxygen atoms in total. The number of anilines is 1. The van der Waals surface area contributed by atoms with E-state index < -0.39 is 0 Å². The Labute approximate surface area is 167 Å². The number of piperazine rings is 1. The first kappa shape index (κ1) is 20.3. The Morgan fingerprint density at radius 1 is 1.21 bits per heavy atom. The lowest BCUT2D eigenvalue weighted by atomic mass is 9.86. The fourth-order valence-electron chi connectivity index (χ4n) is 3.87. The average molecular weight is 387 g/mol. The minimum Gasteiger partial charge on any atom is -0.362 e. The van der Waals surface area contributed by atoms with E-state index >= 15 is 0 Å². The van der Waals surface area contributed by atoms with Gasteiger partial charge in [-0.2, -0.15) is 5.01 Å². The topological polar surface area (TPSA) is 79.5 Å². The molecule has 0 saturated carbocycles. The van der Waals surface area contributed by atoms with Gasteiger partial charge in [0.05, 0.1) is 17.9 Å². The van der Waals surface area contributed by atoms with Crippen LogP contribution in [-0.2, 0) is 0 Å². The van der Waals surface area contributed by atoms with Crippen molar-refractivity contribution < 1.29 is 14.1 Å². The molecule has 0 bridgehead atoms. The maximum Gasteiger partial charge on any atom is 0.296 e. The highest BCUT2D eigenvalue weighted by molar-refractivity contribution is 5.97. The summed E-state index contributed by atoms with van der Waals surface area (Å²) in [6, 6.07) is 9.71. The maximum atomic E-state index is 12.9. The van der Waals surface area contributed by atoms with Crippen LogP contribution >= 0.6 is 0 Å². The van der Waals surface area contributed by atoms with Gasteiger partial charge in [0, 0.05) is 24.6 Å². The Kier molecular flexibility index (Phi) is 7.03. The molecule has 0 spiro atoms. The SMILES string of the molecule is CC(C)CC(CCCN1CCN([n+]2cc(N)on2)CC1)C(=O)c1ccccc1. The van der Waals surface area contributed by atoms with Gasteiger partial charge in [-0.15, -0.1) is 0 Å². The Bertz CT molecular complexity index is 738. The number of hydrogen-bond acceptors (Lipinski definition) is 6. The van der Waals surface area contributed by atoms with Gasteiger partial charge >= 0.3 is 0 Å². The number of aromatic nitrogens is 2. The summed E-state index contributed by atoms with van der Waals surface area (Å²) >= 11 is 0. The van der Waals surface area contributed by atoms with E-state index in [-0.39, 0.29) is 5.92 Å². The summed E-state index contributed by atoms with van der Waals surface area (Å²) in [5.74, 6) is 1.24. The van der Waals surface area contributed by atoms with Crippen molar-refractivity contribution >= 4 is 11.7 Å². The minimum atomic E-state index is 0.109. The van der Waals surface area contributed by atoms with Gasteiger partial charge in [-0.1, -0.05) is 44.2 Å². The van der Waals surface area contributed by atoms with E-state index in [0.29, 0.717) is 17.6 Å². The van der Waals surface area contributed by atoms with Crippen LogP contribution in [0.15, 0.2) is 41.1 Å². The Morgan fingerprint density at radius 3 is 2.54 bits per heavy atom. The van der Waals surface area contributed by atoms with E-state index in [0.717, 1.165) is 57.5 Å². The number of carbonyl (C=O) groups excluding carboxylic acids is 1. The quantitative estimate of drug-likeness (QED) is 0.525. The van der Waals surface area contributed by atoms with Gasteiger partial charge in [0.1, 0.15) is 0 Å². The first-order valence-corrected chi connectivity index (χ1v) is 10.2. The highest BCUT2D eigenvalue weighted by atomic mass is 16.5. The third-order valence-electron chi connectivity index (χ3n) is 5.32. The third kappa shape index (κ3) is 5.55. The number of nitrogen functional groups attached to an aromatic ring is 1. The van der Waals surface area contributed by atoms with Crippen molar-refractivity contribution in [3.63, 3.8) is 0 Å². The molecular formula is C21H32N5O2+. The molecule has 0 radical (unpaired) electrons. The summed E-state index contributed by atoms with van der Waals surface area (Å²) in [5.41, 5.74) is 6.43. The fraction of sp³-hybridized carbons (Fsp3) is 0.571. The number of ketones is 1. The lowest BCUT2D eigenvalue weighted by molar-refractivity contribution is -0.759. The number of nitrogens with zero attached hydrogens (tertiary/aromatic N) is 4. The number of nitrogens with two attached hydrogens (primary N) is 1. The van der Waals surface area contributed by atoms with Gasteiger partial charge in [0.15, 0.2) is 5.78 Å². The smallest absolute Gasteiger partial charge is 0.296 e. The predicted molar refractivity (Wildman–Crippen MR) is 108 cm³/mol. The van der Waals surface area contributed by atoms with Crippen LogP contribution in [0.1, 0.15) is 43.5 Å². The molecule has 1 saturated heterocycles. The van der Waals surface area contributed by atoms with E-state index in [1.165, 1.54) is 0 Å². The molecule has 3 rings (SSSR count). The Morgan fingerprint density at radius 2 is 1.93 bits per heavy atom. The second kappa shape index (κ2) is 9.68. The van der Waals surface area contributed by atoms with E-state index in [1.54, 1.807) is 11.0 Å². The van der Waals surface area contributed by atoms with Crippen LogP contribution in [0.25, 0.3) is 0 Å². The number of rotatable bonds is 9. The molecule has 1 aliphatic rings. The summed E-state index contributed by atoms with van der Waals surface area (Å²) in [4.78, 5) is 17.1. The normalized spacial score (nSPS) is 16.5. The Balaban J connectivity index is 1.46. The van der Waals surface area contributed by atoms with Gasteiger partial charge in [0.25, 0.3) is 12.1 Å². The highest BCUT2D eigenvalue weighted by Crippen LogP contribution is 2.22. The minimum absolute atomic E-state index is 0.109. The number of Topliss-reactive ketones (excluding diaryl/α,β-unsaturated/α-hetero) is 1. The Hall–Kier alpha value is -2.41. The molecular weight excluding hydrogens is 354 g/mol. The van der Waals surface area contributed by atoms with E-state index in [2.05, 4.69) is 29.0 Å². The molecule has 2 aromatic rings. The van der Waals surface area contributed by atoms with Gasteiger partial charge in [-0.25, -0.2) is 0 Å². The molecule has 1 aliphatic heterocycles. The van der Waals surface area contributed by atoms with Crippen molar-refractivity contribution in [3.05, 3.63) is 42.1 Å². The molecule has 1 fully saturated rings. The number of benzene rings is 1. The van der Waals surface area contributed by atoms with E-state index in [9.17, 15) is 4.79 Å². The van der Waals surface area contributed by atoms with Crippen molar-refractivity contribution in [1.29, 1.82) is 0 Å². The maximum absolute atomic E-state index is 12.9. The molecule has 7 heteroatoms. The molecule has 152 valence electrons. The summed E-state index contributed by atoms with van der Waals surface area (Å²) in [6.45, 7) is 9.13. The second-order valence-corrected chi connectivity index (χ2v) is 8.02. The van der Waals surface area contributed by atoms with Crippen LogP contribution < -0.4 is 15.5 Å². The fourth-order valence-corrected chi connectivity index (χ4v) is 3.87. The van der Waals surface area contributed by atoms with E-state index in [4.69, 9.17) is 10.3 Å². The van der Waals surface area contributed by atoms with Crippen LogP contribution in [0, 0.1) is 11.8 Å². The van der Waals surface area contributed by atoms with Gasteiger partial charge in [0.2, 0.25) is 5.27 Å². The summed E-state index contributed by atoms with van der Waals surface area (Å²) in [5, 5.41) is 6.03. The molecule has 2 heterocycles. The number of hydrogen-bond donors (Lipinski definition) is 1. The summed E-state index contributed by atoms with van der Waals surface area (Å²) in [6.07, 6.45) is 4.63. The molecule has 1 unspecified atom stereocenters. The van der Waals surface area contributed by atoms with Gasteiger partial charge < -0.3 is 5.73 Å². The second-order valence-electron chi connectivity index (χ2n) is 8.02. The predicted octanol–water partition coefficient (Wildman–Crippen LogP) is 2.12. The van der Waals surface area contributed by atoms with E-state index in [1.807, 2.05) is 30.3 Å².